The van der Waals surface area contributed by atoms with Gasteiger partial charge in [0.15, 0.2) is 0 Å². The summed E-state index contributed by atoms with van der Waals surface area (Å²) in [7, 11) is 1.71. The summed E-state index contributed by atoms with van der Waals surface area (Å²) >= 11 is 0. The van der Waals surface area contributed by atoms with E-state index >= 15 is 0 Å². The van der Waals surface area contributed by atoms with E-state index in [0.717, 1.165) is 48.1 Å². The molecule has 3 nitrogen and oxygen atoms in total. The van der Waals surface area contributed by atoms with Gasteiger partial charge in [0.25, 0.3) is 0 Å². The second-order valence-corrected chi connectivity index (χ2v) is 7.03. The summed E-state index contributed by atoms with van der Waals surface area (Å²) < 4.78 is 5.78. The summed E-state index contributed by atoms with van der Waals surface area (Å²) in [6, 6.07) is 4.25. The van der Waals surface area contributed by atoms with Crippen molar-refractivity contribution >= 4 is 6.08 Å². The standard InChI is InChI=1S/C18H25NO2/c1-13-8-9-14(17(2,3)4)16(21-5)15(13)18(19-12-20)10-6-7-11-18/h8-9H,6-7,10-11H2,1-5H3. The van der Waals surface area contributed by atoms with Gasteiger partial charge in [-0.05, 0) is 36.3 Å². The van der Waals surface area contributed by atoms with Crippen LogP contribution in [0.25, 0.3) is 0 Å². The summed E-state index contributed by atoms with van der Waals surface area (Å²) in [4.78, 5) is 15.2. The molecule has 1 aromatic rings. The molecule has 0 aromatic heterocycles. The Kier molecular flexibility index (Phi) is 4.25. The van der Waals surface area contributed by atoms with Crippen molar-refractivity contribution in [1.29, 1.82) is 0 Å². The minimum atomic E-state index is -0.446. The molecule has 0 amide bonds. The van der Waals surface area contributed by atoms with Gasteiger partial charge in [-0.25, -0.2) is 4.79 Å². The van der Waals surface area contributed by atoms with E-state index in [-0.39, 0.29) is 5.41 Å². The van der Waals surface area contributed by atoms with Crippen LogP contribution in [0.1, 0.15) is 63.1 Å². The maximum absolute atomic E-state index is 11.0. The Labute approximate surface area is 127 Å². The van der Waals surface area contributed by atoms with Crippen molar-refractivity contribution in [3.63, 3.8) is 0 Å². The highest BCUT2D eigenvalue weighted by Gasteiger charge is 2.40. The SMILES string of the molecule is COc1c(C(C)(C)C)ccc(C)c1C1(N=C=O)CCCC1. The molecule has 0 unspecified atom stereocenters. The van der Waals surface area contributed by atoms with Gasteiger partial charge in [-0.3, -0.25) is 0 Å². The first-order valence-corrected chi connectivity index (χ1v) is 7.63. The highest BCUT2D eigenvalue weighted by molar-refractivity contribution is 5.54. The third kappa shape index (κ3) is 2.75. The predicted molar refractivity (Wildman–Crippen MR) is 84.7 cm³/mol. The summed E-state index contributed by atoms with van der Waals surface area (Å²) in [5.74, 6) is 0.892. The van der Waals surface area contributed by atoms with Gasteiger partial charge in [-0.1, -0.05) is 45.7 Å². The minimum Gasteiger partial charge on any atom is -0.496 e. The average molecular weight is 287 g/mol. The zero-order valence-electron chi connectivity index (χ0n) is 13.7. The summed E-state index contributed by atoms with van der Waals surface area (Å²) in [6.07, 6.45) is 5.78. The number of hydrogen-bond acceptors (Lipinski definition) is 3. The molecular formula is C18H25NO2. The van der Waals surface area contributed by atoms with E-state index in [1.807, 2.05) is 0 Å². The first kappa shape index (κ1) is 15.8. The second-order valence-electron chi connectivity index (χ2n) is 7.03. The summed E-state index contributed by atoms with van der Waals surface area (Å²) in [5, 5.41) is 0. The minimum absolute atomic E-state index is 0.0154. The lowest BCUT2D eigenvalue weighted by Crippen LogP contribution is -2.24. The molecule has 0 N–H and O–H groups in total. The third-order valence-corrected chi connectivity index (χ3v) is 4.53. The van der Waals surface area contributed by atoms with Crippen LogP contribution in [0, 0.1) is 6.92 Å². The average Bonchev–Trinajstić information content (AvgIpc) is 2.86. The highest BCUT2D eigenvalue weighted by atomic mass is 16.5. The molecule has 1 aliphatic carbocycles. The van der Waals surface area contributed by atoms with Crippen molar-refractivity contribution in [3.05, 3.63) is 28.8 Å². The van der Waals surface area contributed by atoms with E-state index in [4.69, 9.17) is 4.74 Å². The molecule has 1 aromatic carbocycles. The van der Waals surface area contributed by atoms with Crippen LogP contribution < -0.4 is 4.74 Å². The van der Waals surface area contributed by atoms with E-state index in [9.17, 15) is 4.79 Å². The molecule has 0 atom stereocenters. The molecule has 0 saturated heterocycles. The van der Waals surface area contributed by atoms with Crippen LogP contribution in [0.5, 0.6) is 5.75 Å². The highest BCUT2D eigenvalue weighted by Crippen LogP contribution is 2.49. The van der Waals surface area contributed by atoms with Crippen LogP contribution in [-0.4, -0.2) is 13.2 Å². The third-order valence-electron chi connectivity index (χ3n) is 4.53. The number of benzene rings is 1. The monoisotopic (exact) mass is 287 g/mol. The number of hydrogen-bond donors (Lipinski definition) is 0. The molecule has 21 heavy (non-hydrogen) atoms. The Bertz CT molecular complexity index is 572. The van der Waals surface area contributed by atoms with Crippen LogP contribution in [0.2, 0.25) is 0 Å². The molecule has 1 aliphatic rings. The molecule has 114 valence electrons. The Balaban J connectivity index is 2.75. The number of aryl methyl sites for hydroxylation is 1. The maximum atomic E-state index is 11.0. The maximum Gasteiger partial charge on any atom is 0.235 e. The van der Waals surface area contributed by atoms with Gasteiger partial charge in [0.2, 0.25) is 6.08 Å². The zero-order chi connectivity index (χ0) is 15.7. The van der Waals surface area contributed by atoms with Crippen molar-refractivity contribution in [1.82, 2.24) is 0 Å². The van der Waals surface area contributed by atoms with E-state index in [2.05, 4.69) is 44.8 Å². The predicted octanol–water partition coefficient (Wildman–Crippen LogP) is 4.41. The Morgan fingerprint density at radius 2 is 1.86 bits per heavy atom. The van der Waals surface area contributed by atoms with Gasteiger partial charge < -0.3 is 4.74 Å². The molecule has 1 saturated carbocycles. The number of isocyanates is 1. The fraction of sp³-hybridized carbons (Fsp3) is 0.611. The molecule has 0 heterocycles. The first-order chi connectivity index (χ1) is 9.85. The van der Waals surface area contributed by atoms with Gasteiger partial charge in [0.05, 0.1) is 7.11 Å². The smallest absolute Gasteiger partial charge is 0.235 e. The van der Waals surface area contributed by atoms with Crippen LogP contribution in [-0.2, 0) is 15.7 Å². The fourth-order valence-corrected chi connectivity index (χ4v) is 3.53. The topological polar surface area (TPSA) is 38.7 Å². The number of aliphatic imine (C=N–C) groups is 1. The lowest BCUT2D eigenvalue weighted by Gasteiger charge is -2.31. The van der Waals surface area contributed by atoms with Gasteiger partial charge in [-0.2, -0.15) is 4.99 Å². The Morgan fingerprint density at radius 3 is 2.33 bits per heavy atom. The summed E-state index contributed by atoms with van der Waals surface area (Å²) in [5.41, 5.74) is 2.92. The normalized spacial score (nSPS) is 17.4. The van der Waals surface area contributed by atoms with Crippen LogP contribution in [0.15, 0.2) is 17.1 Å². The van der Waals surface area contributed by atoms with Gasteiger partial charge in [-0.15, -0.1) is 0 Å². The van der Waals surface area contributed by atoms with Crippen LogP contribution in [0.3, 0.4) is 0 Å². The first-order valence-electron chi connectivity index (χ1n) is 7.63. The molecule has 0 aliphatic heterocycles. The Hall–Kier alpha value is -1.60. The van der Waals surface area contributed by atoms with E-state index in [1.54, 1.807) is 13.2 Å². The van der Waals surface area contributed by atoms with Gasteiger partial charge in [0.1, 0.15) is 11.3 Å². The quantitative estimate of drug-likeness (QED) is 0.610. The van der Waals surface area contributed by atoms with Crippen molar-refractivity contribution in [2.45, 2.75) is 64.3 Å². The molecule has 0 spiro atoms. The van der Waals surface area contributed by atoms with Crippen molar-refractivity contribution in [2.24, 2.45) is 4.99 Å². The number of rotatable bonds is 3. The van der Waals surface area contributed by atoms with Crippen molar-refractivity contribution < 1.29 is 9.53 Å². The lowest BCUT2D eigenvalue weighted by atomic mass is 9.78. The number of ether oxygens (including phenoxy) is 1. The van der Waals surface area contributed by atoms with Crippen molar-refractivity contribution in [2.75, 3.05) is 7.11 Å². The Morgan fingerprint density at radius 1 is 1.24 bits per heavy atom. The van der Waals surface area contributed by atoms with Crippen LogP contribution in [0.4, 0.5) is 0 Å². The fourth-order valence-electron chi connectivity index (χ4n) is 3.53. The van der Waals surface area contributed by atoms with Gasteiger partial charge in [0, 0.05) is 5.56 Å². The van der Waals surface area contributed by atoms with Gasteiger partial charge >= 0.3 is 0 Å². The van der Waals surface area contributed by atoms with E-state index in [1.165, 1.54) is 0 Å². The van der Waals surface area contributed by atoms with Crippen LogP contribution >= 0.6 is 0 Å². The number of carbonyl (C=O) groups excluding carboxylic acids is 1. The lowest BCUT2D eigenvalue weighted by molar-refractivity contribution is 0.365. The van der Waals surface area contributed by atoms with E-state index < -0.39 is 5.54 Å². The molecule has 1 fully saturated rings. The number of nitrogens with zero attached hydrogens (tertiary/aromatic N) is 1. The van der Waals surface area contributed by atoms with Crippen molar-refractivity contribution in [3.8, 4) is 5.75 Å². The molecular weight excluding hydrogens is 262 g/mol. The molecule has 0 bridgehead atoms. The summed E-state index contributed by atoms with van der Waals surface area (Å²) in [6.45, 7) is 8.60. The molecule has 3 heteroatoms. The zero-order valence-corrected chi connectivity index (χ0v) is 13.7. The second kappa shape index (κ2) is 5.65. The molecule has 2 rings (SSSR count). The molecule has 0 radical (unpaired) electrons. The largest absolute Gasteiger partial charge is 0.496 e. The van der Waals surface area contributed by atoms with E-state index in [0.29, 0.717) is 0 Å². The number of methoxy groups -OCH3 is 1.